The molecular formula is C29H39NO5. The van der Waals surface area contributed by atoms with Crippen LogP contribution in [0.15, 0.2) is 48.2 Å². The highest BCUT2D eigenvalue weighted by Gasteiger charge is 2.42. The summed E-state index contributed by atoms with van der Waals surface area (Å²) in [5, 5.41) is 22.7. The lowest BCUT2D eigenvalue weighted by Gasteiger charge is -2.34. The summed E-state index contributed by atoms with van der Waals surface area (Å²) in [5.41, 5.74) is 1.64. The number of aliphatic hydroxyl groups is 2. The normalized spacial score (nSPS) is 29.5. The summed E-state index contributed by atoms with van der Waals surface area (Å²) >= 11 is 0. The van der Waals surface area contributed by atoms with E-state index in [1.807, 2.05) is 37.3 Å². The number of rotatable bonds is 1. The molecule has 3 unspecified atom stereocenters. The maximum absolute atomic E-state index is 13.2. The third-order valence-corrected chi connectivity index (χ3v) is 7.52. The number of carbonyl (C=O) groups is 2. The average Bonchev–Trinajstić information content (AvgIpc) is 2.84. The standard InChI is InChI=1S/C29H39NO5/c1-18-8-6-9-19(2)27(33)20(3)28(34)29(4,5)25(31)17-26(32)35-24(14-11-18)22-13-12-21-10-7-15-30-23(21)16-22/h7,10-13,15-16,19-20,24-25,27,31,33H,6,8-9,14,17H2,1-5H3/t19?,20?,24-,25?,27-/m0/s1. The number of carbonyl (C=O) groups excluding carboxylic acids is 2. The van der Waals surface area contributed by atoms with Crippen molar-refractivity contribution < 1.29 is 24.5 Å². The molecule has 1 aromatic carbocycles. The topological polar surface area (TPSA) is 96.7 Å². The van der Waals surface area contributed by atoms with E-state index >= 15 is 0 Å². The zero-order valence-electron chi connectivity index (χ0n) is 21.5. The van der Waals surface area contributed by atoms with Crippen LogP contribution in [0.5, 0.6) is 0 Å². The summed E-state index contributed by atoms with van der Waals surface area (Å²) in [4.78, 5) is 30.6. The number of aromatic nitrogens is 1. The summed E-state index contributed by atoms with van der Waals surface area (Å²) in [5.74, 6) is -1.51. The second-order valence-electron chi connectivity index (χ2n) is 10.7. The van der Waals surface area contributed by atoms with Crippen molar-refractivity contribution in [2.45, 2.75) is 85.0 Å². The van der Waals surface area contributed by atoms with Crippen LogP contribution in [0.2, 0.25) is 0 Å². The first kappa shape index (κ1) is 27.0. The number of benzene rings is 1. The number of fused-ring (bicyclic) bond motifs is 1. The highest BCUT2D eigenvalue weighted by atomic mass is 16.5. The molecule has 1 aromatic heterocycles. The van der Waals surface area contributed by atoms with E-state index in [-0.39, 0.29) is 18.1 Å². The van der Waals surface area contributed by atoms with Gasteiger partial charge >= 0.3 is 5.97 Å². The van der Waals surface area contributed by atoms with Crippen LogP contribution in [-0.4, -0.2) is 39.2 Å². The van der Waals surface area contributed by atoms with Crippen molar-refractivity contribution in [1.29, 1.82) is 0 Å². The van der Waals surface area contributed by atoms with Crippen LogP contribution >= 0.6 is 0 Å². The van der Waals surface area contributed by atoms with Crippen molar-refractivity contribution in [2.75, 3.05) is 0 Å². The Labute approximate surface area is 208 Å². The largest absolute Gasteiger partial charge is 0.457 e. The maximum atomic E-state index is 13.2. The van der Waals surface area contributed by atoms with E-state index in [0.29, 0.717) is 6.42 Å². The summed E-state index contributed by atoms with van der Waals surface area (Å²) in [6, 6.07) is 9.70. The number of esters is 1. The van der Waals surface area contributed by atoms with Gasteiger partial charge in [-0.15, -0.1) is 0 Å². The third-order valence-electron chi connectivity index (χ3n) is 7.52. The van der Waals surface area contributed by atoms with E-state index < -0.39 is 35.6 Å². The summed E-state index contributed by atoms with van der Waals surface area (Å²) in [7, 11) is 0. The van der Waals surface area contributed by atoms with Crippen LogP contribution in [0, 0.1) is 17.3 Å². The zero-order valence-corrected chi connectivity index (χ0v) is 21.5. The molecular weight excluding hydrogens is 442 g/mol. The lowest BCUT2D eigenvalue weighted by atomic mass is 9.73. The Morgan fingerprint density at radius 3 is 2.60 bits per heavy atom. The number of ketones is 1. The second-order valence-corrected chi connectivity index (χ2v) is 10.7. The van der Waals surface area contributed by atoms with Gasteiger partial charge in [0, 0.05) is 23.9 Å². The molecule has 35 heavy (non-hydrogen) atoms. The van der Waals surface area contributed by atoms with Gasteiger partial charge in [-0.3, -0.25) is 14.6 Å². The van der Waals surface area contributed by atoms with Gasteiger partial charge in [0.25, 0.3) is 0 Å². The molecule has 0 spiro atoms. The lowest BCUT2D eigenvalue weighted by Crippen LogP contribution is -2.45. The predicted molar refractivity (Wildman–Crippen MR) is 137 cm³/mol. The molecule has 1 aliphatic heterocycles. The van der Waals surface area contributed by atoms with Crippen LogP contribution in [-0.2, 0) is 14.3 Å². The van der Waals surface area contributed by atoms with Gasteiger partial charge < -0.3 is 14.9 Å². The van der Waals surface area contributed by atoms with Gasteiger partial charge in [-0.1, -0.05) is 57.5 Å². The van der Waals surface area contributed by atoms with Gasteiger partial charge in [0.2, 0.25) is 0 Å². The van der Waals surface area contributed by atoms with E-state index in [4.69, 9.17) is 4.74 Å². The van der Waals surface area contributed by atoms with Crippen molar-refractivity contribution in [3.63, 3.8) is 0 Å². The molecule has 2 N–H and O–H groups in total. The number of allylic oxidation sites excluding steroid dienone is 1. The van der Waals surface area contributed by atoms with Crippen LogP contribution in [0.25, 0.3) is 10.9 Å². The molecule has 6 heteroatoms. The fraction of sp³-hybridized carbons (Fsp3) is 0.552. The Hall–Kier alpha value is -2.57. The van der Waals surface area contributed by atoms with Crippen LogP contribution in [0.3, 0.4) is 0 Å². The SMILES string of the molecule is CC1=CC[C@@H](c2ccc3cccnc3c2)OC(=O)CC(O)C(C)(C)C(=O)C(C)[C@@H](O)C(C)CCC1. The fourth-order valence-corrected chi connectivity index (χ4v) is 4.84. The van der Waals surface area contributed by atoms with Gasteiger partial charge in [-0.05, 0) is 49.8 Å². The van der Waals surface area contributed by atoms with Crippen molar-refractivity contribution in [2.24, 2.45) is 17.3 Å². The van der Waals surface area contributed by atoms with E-state index in [1.54, 1.807) is 27.0 Å². The van der Waals surface area contributed by atoms with Crippen molar-refractivity contribution in [3.05, 3.63) is 53.7 Å². The minimum atomic E-state index is -1.23. The number of ether oxygens (including phenoxy) is 1. The van der Waals surface area contributed by atoms with Gasteiger partial charge in [-0.25, -0.2) is 0 Å². The molecule has 5 atom stereocenters. The van der Waals surface area contributed by atoms with E-state index in [1.165, 1.54) is 5.57 Å². The van der Waals surface area contributed by atoms with Crippen molar-refractivity contribution in [3.8, 4) is 0 Å². The summed E-state index contributed by atoms with van der Waals surface area (Å²) in [6.45, 7) is 8.98. The first-order chi connectivity index (χ1) is 16.5. The number of nitrogens with zero attached hydrogens (tertiary/aromatic N) is 1. The number of pyridine rings is 1. The molecule has 0 fully saturated rings. The third kappa shape index (κ3) is 6.56. The quantitative estimate of drug-likeness (QED) is 0.423. The van der Waals surface area contributed by atoms with Crippen molar-refractivity contribution >= 4 is 22.7 Å². The number of aliphatic hydroxyl groups excluding tert-OH is 2. The van der Waals surface area contributed by atoms with Crippen LogP contribution in [0.1, 0.15) is 78.4 Å². The van der Waals surface area contributed by atoms with E-state index in [2.05, 4.69) is 18.0 Å². The molecule has 0 aliphatic carbocycles. The summed E-state index contributed by atoms with van der Waals surface area (Å²) in [6.07, 6.45) is 4.02. The Kier molecular flexibility index (Phi) is 8.84. The molecule has 0 saturated heterocycles. The van der Waals surface area contributed by atoms with Gasteiger partial charge in [0.15, 0.2) is 0 Å². The Balaban J connectivity index is 1.91. The minimum Gasteiger partial charge on any atom is -0.457 e. The number of hydrogen-bond acceptors (Lipinski definition) is 6. The van der Waals surface area contributed by atoms with Crippen LogP contribution < -0.4 is 0 Å². The Bertz CT molecular complexity index is 1080. The summed E-state index contributed by atoms with van der Waals surface area (Å²) < 4.78 is 5.87. The second kappa shape index (κ2) is 11.4. The average molecular weight is 482 g/mol. The monoisotopic (exact) mass is 481 g/mol. The molecule has 3 rings (SSSR count). The number of Topliss-reactive ketones (excluding diaryl/α,β-unsaturated/α-hetero) is 1. The van der Waals surface area contributed by atoms with Gasteiger partial charge in [0.05, 0.1) is 29.6 Å². The first-order valence-corrected chi connectivity index (χ1v) is 12.6. The highest BCUT2D eigenvalue weighted by molar-refractivity contribution is 5.88. The highest BCUT2D eigenvalue weighted by Crippen LogP contribution is 2.33. The fourth-order valence-electron chi connectivity index (χ4n) is 4.84. The van der Waals surface area contributed by atoms with Crippen LogP contribution in [0.4, 0.5) is 0 Å². The zero-order chi connectivity index (χ0) is 25.8. The molecule has 0 radical (unpaired) electrons. The minimum absolute atomic E-state index is 0.0505. The first-order valence-electron chi connectivity index (χ1n) is 12.6. The number of hydrogen-bond donors (Lipinski definition) is 2. The van der Waals surface area contributed by atoms with Gasteiger partial charge in [-0.2, -0.15) is 0 Å². The molecule has 0 saturated carbocycles. The molecule has 2 heterocycles. The molecule has 1 aliphatic rings. The molecule has 190 valence electrons. The lowest BCUT2D eigenvalue weighted by molar-refractivity contribution is -0.155. The van der Waals surface area contributed by atoms with E-state index in [0.717, 1.165) is 35.7 Å². The number of cyclic esters (lactones) is 1. The molecule has 6 nitrogen and oxygen atoms in total. The van der Waals surface area contributed by atoms with Gasteiger partial charge in [0.1, 0.15) is 11.9 Å². The Morgan fingerprint density at radius 1 is 1.11 bits per heavy atom. The predicted octanol–water partition coefficient (Wildman–Crippen LogP) is 5.32. The van der Waals surface area contributed by atoms with E-state index in [9.17, 15) is 19.8 Å². The molecule has 0 amide bonds. The smallest absolute Gasteiger partial charge is 0.309 e. The molecule has 0 bridgehead atoms. The molecule has 2 aromatic rings. The maximum Gasteiger partial charge on any atom is 0.309 e. The van der Waals surface area contributed by atoms with Crippen molar-refractivity contribution in [1.82, 2.24) is 4.98 Å². The Morgan fingerprint density at radius 2 is 1.86 bits per heavy atom.